The summed E-state index contributed by atoms with van der Waals surface area (Å²) < 4.78 is 12.1. The Morgan fingerprint density at radius 1 is 1.25 bits per heavy atom. The van der Waals surface area contributed by atoms with Crippen molar-refractivity contribution in [2.75, 3.05) is 19.7 Å². The van der Waals surface area contributed by atoms with E-state index in [9.17, 15) is 0 Å². The van der Waals surface area contributed by atoms with Gasteiger partial charge in [-0.2, -0.15) is 0 Å². The zero-order valence-electron chi connectivity index (χ0n) is 14.0. The standard InChI is InChI=1S/C17H33NO2/c1-13(2)11-18-12-17(8-9-19-14(17)3)10-15-6-7-16(4,5)20-15/h13-15,18H,6-12H2,1-5H3. The molecule has 2 saturated heterocycles. The summed E-state index contributed by atoms with van der Waals surface area (Å²) in [5.74, 6) is 0.700. The second kappa shape index (κ2) is 6.33. The van der Waals surface area contributed by atoms with Gasteiger partial charge in [-0.15, -0.1) is 0 Å². The Kier molecular flexibility index (Phi) is 5.14. The van der Waals surface area contributed by atoms with E-state index in [2.05, 4.69) is 39.9 Å². The number of hydrogen-bond donors (Lipinski definition) is 1. The summed E-state index contributed by atoms with van der Waals surface area (Å²) in [5, 5.41) is 3.66. The van der Waals surface area contributed by atoms with Gasteiger partial charge < -0.3 is 14.8 Å². The maximum atomic E-state index is 6.23. The quantitative estimate of drug-likeness (QED) is 0.810. The van der Waals surface area contributed by atoms with Gasteiger partial charge in [0.25, 0.3) is 0 Å². The molecule has 118 valence electrons. The van der Waals surface area contributed by atoms with Gasteiger partial charge in [-0.25, -0.2) is 0 Å². The lowest BCUT2D eigenvalue weighted by molar-refractivity contribution is -0.0464. The molecule has 0 aromatic heterocycles. The van der Waals surface area contributed by atoms with Crippen LogP contribution in [-0.2, 0) is 9.47 Å². The third-order valence-corrected chi connectivity index (χ3v) is 5.05. The Bertz CT molecular complexity index is 316. The molecule has 2 fully saturated rings. The molecule has 20 heavy (non-hydrogen) atoms. The number of ether oxygens (including phenoxy) is 2. The maximum Gasteiger partial charge on any atom is 0.0631 e. The molecule has 0 spiro atoms. The molecular formula is C17H33NO2. The molecule has 0 bridgehead atoms. The van der Waals surface area contributed by atoms with Crippen molar-refractivity contribution in [2.24, 2.45) is 11.3 Å². The van der Waals surface area contributed by atoms with Gasteiger partial charge in [0.2, 0.25) is 0 Å². The van der Waals surface area contributed by atoms with Gasteiger partial charge in [0.1, 0.15) is 0 Å². The Labute approximate surface area is 124 Å². The number of rotatable bonds is 6. The summed E-state index contributed by atoms with van der Waals surface area (Å²) in [7, 11) is 0. The summed E-state index contributed by atoms with van der Waals surface area (Å²) in [6.07, 6.45) is 5.44. The van der Waals surface area contributed by atoms with Crippen molar-refractivity contribution in [2.45, 2.75) is 78.1 Å². The normalized spacial score (nSPS) is 36.9. The van der Waals surface area contributed by atoms with Gasteiger partial charge in [-0.3, -0.25) is 0 Å². The van der Waals surface area contributed by atoms with Crippen LogP contribution in [0.15, 0.2) is 0 Å². The summed E-state index contributed by atoms with van der Waals surface area (Å²) in [4.78, 5) is 0. The minimum absolute atomic E-state index is 0.0694. The fraction of sp³-hybridized carbons (Fsp3) is 1.00. The Balaban J connectivity index is 1.93. The lowest BCUT2D eigenvalue weighted by Gasteiger charge is -2.35. The largest absolute Gasteiger partial charge is 0.378 e. The van der Waals surface area contributed by atoms with Crippen molar-refractivity contribution >= 4 is 0 Å². The molecule has 0 aromatic rings. The highest BCUT2D eigenvalue weighted by Gasteiger charge is 2.45. The fourth-order valence-corrected chi connectivity index (χ4v) is 3.68. The van der Waals surface area contributed by atoms with Crippen LogP contribution in [0.2, 0.25) is 0 Å². The molecule has 2 heterocycles. The second-order valence-electron chi connectivity index (χ2n) is 7.89. The fourth-order valence-electron chi connectivity index (χ4n) is 3.68. The van der Waals surface area contributed by atoms with Crippen LogP contribution in [0.3, 0.4) is 0 Å². The lowest BCUT2D eigenvalue weighted by Crippen LogP contribution is -2.43. The summed E-state index contributed by atoms with van der Waals surface area (Å²) in [5.41, 5.74) is 0.333. The van der Waals surface area contributed by atoms with Crippen molar-refractivity contribution in [1.29, 1.82) is 0 Å². The third kappa shape index (κ3) is 3.96. The SMILES string of the molecule is CC(C)CNCC1(CC2CCC(C)(C)O2)CCOC1C. The van der Waals surface area contributed by atoms with E-state index in [1.807, 2.05) is 0 Å². The van der Waals surface area contributed by atoms with Crippen LogP contribution < -0.4 is 5.32 Å². The van der Waals surface area contributed by atoms with Crippen LogP contribution in [0, 0.1) is 11.3 Å². The zero-order chi connectivity index (χ0) is 14.8. The first-order valence-electron chi connectivity index (χ1n) is 8.33. The van der Waals surface area contributed by atoms with Crippen LogP contribution in [0.1, 0.15) is 60.3 Å². The summed E-state index contributed by atoms with van der Waals surface area (Å²) in [6.45, 7) is 14.2. The number of nitrogens with one attached hydrogen (secondary N) is 1. The van der Waals surface area contributed by atoms with E-state index in [0.717, 1.165) is 26.1 Å². The van der Waals surface area contributed by atoms with Gasteiger partial charge in [0.15, 0.2) is 0 Å². The Morgan fingerprint density at radius 2 is 2.00 bits per heavy atom. The smallest absolute Gasteiger partial charge is 0.0631 e. The Morgan fingerprint density at radius 3 is 2.50 bits per heavy atom. The van der Waals surface area contributed by atoms with Gasteiger partial charge >= 0.3 is 0 Å². The molecule has 0 saturated carbocycles. The van der Waals surface area contributed by atoms with Crippen molar-refractivity contribution in [3.8, 4) is 0 Å². The average molecular weight is 283 g/mol. The van der Waals surface area contributed by atoms with E-state index in [1.54, 1.807) is 0 Å². The van der Waals surface area contributed by atoms with E-state index in [-0.39, 0.29) is 11.0 Å². The molecule has 0 aliphatic carbocycles. The molecule has 3 atom stereocenters. The van der Waals surface area contributed by atoms with Gasteiger partial charge in [-0.1, -0.05) is 13.8 Å². The van der Waals surface area contributed by atoms with Crippen molar-refractivity contribution in [1.82, 2.24) is 5.32 Å². The molecule has 3 nitrogen and oxygen atoms in total. The molecule has 3 unspecified atom stereocenters. The first kappa shape index (κ1) is 16.3. The van der Waals surface area contributed by atoms with E-state index >= 15 is 0 Å². The van der Waals surface area contributed by atoms with Gasteiger partial charge in [0, 0.05) is 18.6 Å². The minimum atomic E-state index is 0.0694. The predicted octanol–water partition coefficient (Wildman–Crippen LogP) is 3.37. The molecule has 0 aromatic carbocycles. The van der Waals surface area contributed by atoms with E-state index in [0.29, 0.717) is 18.1 Å². The Hall–Kier alpha value is -0.120. The van der Waals surface area contributed by atoms with E-state index in [1.165, 1.54) is 19.3 Å². The van der Waals surface area contributed by atoms with Gasteiger partial charge in [0.05, 0.1) is 17.8 Å². The minimum Gasteiger partial charge on any atom is -0.378 e. The first-order valence-corrected chi connectivity index (χ1v) is 8.33. The van der Waals surface area contributed by atoms with Crippen LogP contribution in [0.5, 0.6) is 0 Å². The topological polar surface area (TPSA) is 30.5 Å². The molecule has 3 heteroatoms. The van der Waals surface area contributed by atoms with Crippen molar-refractivity contribution < 1.29 is 9.47 Å². The monoisotopic (exact) mass is 283 g/mol. The molecular weight excluding hydrogens is 250 g/mol. The summed E-state index contributed by atoms with van der Waals surface area (Å²) in [6, 6.07) is 0. The molecule has 2 aliphatic heterocycles. The highest BCUT2D eigenvalue weighted by molar-refractivity contribution is 4.95. The molecule has 0 radical (unpaired) electrons. The van der Waals surface area contributed by atoms with Crippen LogP contribution >= 0.6 is 0 Å². The highest BCUT2D eigenvalue weighted by atomic mass is 16.5. The molecule has 2 aliphatic rings. The van der Waals surface area contributed by atoms with Gasteiger partial charge in [-0.05, 0) is 58.9 Å². The van der Waals surface area contributed by atoms with Crippen molar-refractivity contribution in [3.05, 3.63) is 0 Å². The number of hydrogen-bond acceptors (Lipinski definition) is 3. The first-order chi connectivity index (χ1) is 9.33. The van der Waals surface area contributed by atoms with E-state index < -0.39 is 0 Å². The average Bonchev–Trinajstić information content (AvgIpc) is 2.84. The summed E-state index contributed by atoms with van der Waals surface area (Å²) >= 11 is 0. The zero-order valence-corrected chi connectivity index (χ0v) is 14.0. The van der Waals surface area contributed by atoms with Crippen LogP contribution in [0.25, 0.3) is 0 Å². The third-order valence-electron chi connectivity index (χ3n) is 5.05. The second-order valence-corrected chi connectivity index (χ2v) is 7.89. The molecule has 1 N–H and O–H groups in total. The van der Waals surface area contributed by atoms with Crippen LogP contribution in [-0.4, -0.2) is 37.5 Å². The lowest BCUT2D eigenvalue weighted by atomic mass is 9.76. The highest BCUT2D eigenvalue weighted by Crippen LogP contribution is 2.43. The van der Waals surface area contributed by atoms with Crippen LogP contribution in [0.4, 0.5) is 0 Å². The molecule has 0 amide bonds. The van der Waals surface area contributed by atoms with Crippen molar-refractivity contribution in [3.63, 3.8) is 0 Å². The molecule has 2 rings (SSSR count). The predicted molar refractivity (Wildman–Crippen MR) is 83.0 cm³/mol. The maximum absolute atomic E-state index is 6.23. The van der Waals surface area contributed by atoms with E-state index in [4.69, 9.17) is 9.47 Å².